The Bertz CT molecular complexity index is 1250. The van der Waals surface area contributed by atoms with Gasteiger partial charge in [0.1, 0.15) is 5.75 Å². The lowest BCUT2D eigenvalue weighted by molar-refractivity contribution is 0.475. The van der Waals surface area contributed by atoms with Crippen molar-refractivity contribution >= 4 is 34.9 Å². The Labute approximate surface area is 180 Å². The molecule has 0 atom stereocenters. The van der Waals surface area contributed by atoms with Crippen LogP contribution in [0.3, 0.4) is 0 Å². The highest BCUT2D eigenvalue weighted by Crippen LogP contribution is 2.26. The van der Waals surface area contributed by atoms with Gasteiger partial charge in [-0.2, -0.15) is 14.9 Å². The minimum atomic E-state index is 0.164. The zero-order valence-electron chi connectivity index (χ0n) is 16.9. The van der Waals surface area contributed by atoms with E-state index < -0.39 is 0 Å². The number of hydrogen-bond acceptors (Lipinski definition) is 5. The number of anilines is 1. The molecule has 4 aromatic rings. The van der Waals surface area contributed by atoms with Crippen molar-refractivity contribution in [1.82, 2.24) is 14.9 Å². The van der Waals surface area contributed by atoms with Crippen molar-refractivity contribution in [3.8, 4) is 17.1 Å². The Morgan fingerprint density at radius 1 is 1.07 bits per heavy atom. The summed E-state index contributed by atoms with van der Waals surface area (Å²) < 4.78 is 1.96. The van der Waals surface area contributed by atoms with Gasteiger partial charge in [0.15, 0.2) is 5.82 Å². The third kappa shape index (κ3) is 3.71. The molecular formula is C23H23N5OS. The van der Waals surface area contributed by atoms with E-state index in [-0.39, 0.29) is 5.75 Å². The van der Waals surface area contributed by atoms with Crippen LogP contribution in [0, 0.1) is 4.77 Å². The number of rotatable bonds is 6. The standard InChI is InChI=1S/C23H23N5OS/c1-3-27(4-2)18-12-9-17(10-13-18)22-25-26-23(30)28(22)24-15-20-19-8-6-5-7-16(19)11-14-21(20)29/h5-15,29H,3-4H2,1-2H3,(H,26,30)/b24-15+. The fraction of sp³-hybridized carbons (Fsp3) is 0.174. The number of aromatic nitrogens is 3. The number of hydrogen-bond donors (Lipinski definition) is 2. The Morgan fingerprint density at radius 3 is 2.53 bits per heavy atom. The second kappa shape index (κ2) is 8.51. The molecule has 0 aliphatic carbocycles. The topological polar surface area (TPSA) is 69.4 Å². The van der Waals surface area contributed by atoms with Crippen molar-refractivity contribution < 1.29 is 5.11 Å². The van der Waals surface area contributed by atoms with E-state index in [0.29, 0.717) is 16.2 Å². The summed E-state index contributed by atoms with van der Waals surface area (Å²) in [7, 11) is 0. The highest BCUT2D eigenvalue weighted by atomic mass is 32.1. The summed E-state index contributed by atoms with van der Waals surface area (Å²) in [5.74, 6) is 0.777. The van der Waals surface area contributed by atoms with E-state index >= 15 is 0 Å². The number of aromatic hydroxyl groups is 1. The van der Waals surface area contributed by atoms with Crippen molar-refractivity contribution in [3.63, 3.8) is 0 Å². The van der Waals surface area contributed by atoms with Gasteiger partial charge in [0.05, 0.1) is 6.21 Å². The van der Waals surface area contributed by atoms with Gasteiger partial charge in [0.2, 0.25) is 4.77 Å². The molecule has 0 aliphatic rings. The van der Waals surface area contributed by atoms with Gasteiger partial charge in [0.25, 0.3) is 0 Å². The van der Waals surface area contributed by atoms with E-state index in [4.69, 9.17) is 12.2 Å². The first-order valence-electron chi connectivity index (χ1n) is 9.90. The Morgan fingerprint density at radius 2 is 1.80 bits per heavy atom. The monoisotopic (exact) mass is 417 g/mol. The highest BCUT2D eigenvalue weighted by Gasteiger charge is 2.10. The zero-order valence-corrected chi connectivity index (χ0v) is 17.7. The van der Waals surface area contributed by atoms with E-state index in [9.17, 15) is 5.11 Å². The SMILES string of the molecule is CCN(CC)c1ccc(-c2n[nH]c(=S)n2/N=C/c2c(O)ccc3ccccc23)cc1. The van der Waals surface area contributed by atoms with Gasteiger partial charge in [-0.25, -0.2) is 5.10 Å². The van der Waals surface area contributed by atoms with E-state index in [1.165, 1.54) is 0 Å². The van der Waals surface area contributed by atoms with Crippen molar-refractivity contribution in [2.24, 2.45) is 5.10 Å². The fourth-order valence-corrected chi connectivity index (χ4v) is 3.71. The lowest BCUT2D eigenvalue weighted by atomic mass is 10.0. The normalized spacial score (nSPS) is 11.4. The van der Waals surface area contributed by atoms with Crippen LogP contribution < -0.4 is 4.90 Å². The number of benzene rings is 3. The van der Waals surface area contributed by atoms with Crippen LogP contribution in [0.2, 0.25) is 0 Å². The van der Waals surface area contributed by atoms with Crippen LogP contribution in [0.15, 0.2) is 65.8 Å². The third-order valence-electron chi connectivity index (χ3n) is 5.15. The molecule has 0 amide bonds. The summed E-state index contributed by atoms with van der Waals surface area (Å²) in [4.78, 5) is 2.28. The molecule has 1 aromatic heterocycles. The molecule has 30 heavy (non-hydrogen) atoms. The average Bonchev–Trinajstić information content (AvgIpc) is 3.15. The third-order valence-corrected chi connectivity index (χ3v) is 5.42. The molecule has 0 saturated carbocycles. The number of nitrogens with one attached hydrogen (secondary N) is 1. The van der Waals surface area contributed by atoms with E-state index in [1.807, 2.05) is 42.5 Å². The molecule has 0 radical (unpaired) electrons. The minimum Gasteiger partial charge on any atom is -0.507 e. The summed E-state index contributed by atoms with van der Waals surface area (Å²) in [5, 5.41) is 24.0. The fourth-order valence-electron chi connectivity index (χ4n) is 3.53. The maximum absolute atomic E-state index is 10.4. The maximum atomic E-state index is 10.4. The van der Waals surface area contributed by atoms with Gasteiger partial charge in [-0.05, 0) is 67.2 Å². The molecule has 0 saturated heterocycles. The molecule has 0 bridgehead atoms. The van der Waals surface area contributed by atoms with Crippen LogP contribution in [-0.2, 0) is 0 Å². The second-order valence-corrected chi connectivity index (χ2v) is 7.23. The summed E-state index contributed by atoms with van der Waals surface area (Å²) in [5.41, 5.74) is 2.70. The molecule has 152 valence electrons. The Balaban J connectivity index is 1.72. The zero-order chi connectivity index (χ0) is 21.1. The predicted molar refractivity (Wildman–Crippen MR) is 125 cm³/mol. The number of H-pyrrole nitrogens is 1. The minimum absolute atomic E-state index is 0.164. The lowest BCUT2D eigenvalue weighted by Gasteiger charge is -2.21. The molecule has 6 nitrogen and oxygen atoms in total. The van der Waals surface area contributed by atoms with Crippen molar-refractivity contribution in [2.75, 3.05) is 18.0 Å². The molecule has 1 heterocycles. The molecule has 0 unspecified atom stereocenters. The van der Waals surface area contributed by atoms with Gasteiger partial charge in [0, 0.05) is 29.9 Å². The van der Waals surface area contributed by atoms with Crippen molar-refractivity contribution in [2.45, 2.75) is 13.8 Å². The summed E-state index contributed by atoms with van der Waals surface area (Å²) in [6.07, 6.45) is 1.62. The number of phenols is 1. The molecule has 4 rings (SSSR count). The van der Waals surface area contributed by atoms with Gasteiger partial charge in [-0.3, -0.25) is 0 Å². The molecule has 0 aliphatic heterocycles. The van der Waals surface area contributed by atoms with E-state index in [0.717, 1.165) is 35.1 Å². The lowest BCUT2D eigenvalue weighted by Crippen LogP contribution is -2.21. The first-order valence-corrected chi connectivity index (χ1v) is 10.3. The molecular weight excluding hydrogens is 394 g/mol. The van der Waals surface area contributed by atoms with Crippen LogP contribution in [0.5, 0.6) is 5.75 Å². The maximum Gasteiger partial charge on any atom is 0.216 e. The van der Waals surface area contributed by atoms with Gasteiger partial charge in [-0.1, -0.05) is 30.3 Å². The van der Waals surface area contributed by atoms with Gasteiger partial charge >= 0.3 is 0 Å². The Kier molecular flexibility index (Phi) is 5.63. The first kappa shape index (κ1) is 19.8. The largest absolute Gasteiger partial charge is 0.507 e. The van der Waals surface area contributed by atoms with Gasteiger partial charge < -0.3 is 10.0 Å². The molecule has 7 heteroatoms. The van der Waals surface area contributed by atoms with E-state index in [1.54, 1.807) is 17.0 Å². The van der Waals surface area contributed by atoms with E-state index in [2.05, 4.69) is 46.2 Å². The number of fused-ring (bicyclic) bond motifs is 1. The number of phenolic OH excluding ortho intramolecular Hbond substituents is 1. The first-order chi connectivity index (χ1) is 14.6. The van der Waals surface area contributed by atoms with Crippen molar-refractivity contribution in [1.29, 1.82) is 0 Å². The summed E-state index contributed by atoms with van der Waals surface area (Å²) in [6.45, 7) is 6.18. The number of aromatic amines is 1. The van der Waals surface area contributed by atoms with Crippen LogP contribution in [0.4, 0.5) is 5.69 Å². The quantitative estimate of drug-likeness (QED) is 0.334. The van der Waals surface area contributed by atoms with Crippen LogP contribution >= 0.6 is 12.2 Å². The second-order valence-electron chi connectivity index (χ2n) is 6.85. The van der Waals surface area contributed by atoms with Crippen LogP contribution in [-0.4, -0.2) is 39.3 Å². The predicted octanol–water partition coefficient (Wildman–Crippen LogP) is 5.19. The summed E-state index contributed by atoms with van der Waals surface area (Å²) >= 11 is 5.38. The highest BCUT2D eigenvalue weighted by molar-refractivity contribution is 7.71. The number of nitrogens with zero attached hydrogens (tertiary/aromatic N) is 4. The summed E-state index contributed by atoms with van der Waals surface area (Å²) in [6, 6.07) is 19.6. The van der Waals surface area contributed by atoms with Crippen molar-refractivity contribution in [3.05, 3.63) is 71.0 Å². The molecule has 2 N–H and O–H groups in total. The molecule has 3 aromatic carbocycles. The molecule has 0 fully saturated rings. The molecule has 0 spiro atoms. The average molecular weight is 418 g/mol. The van der Waals surface area contributed by atoms with Gasteiger partial charge in [-0.15, -0.1) is 0 Å². The smallest absolute Gasteiger partial charge is 0.216 e. The Hall–Kier alpha value is -3.45. The van der Waals surface area contributed by atoms with Crippen LogP contribution in [0.25, 0.3) is 22.2 Å². The van der Waals surface area contributed by atoms with Crippen LogP contribution in [0.1, 0.15) is 19.4 Å².